The number of para-hydroxylation sites is 2. The van der Waals surface area contributed by atoms with Gasteiger partial charge in [-0.15, -0.1) is 11.3 Å². The zero-order valence-electron chi connectivity index (χ0n) is 45.7. The van der Waals surface area contributed by atoms with Crippen LogP contribution in [0.3, 0.4) is 0 Å². The summed E-state index contributed by atoms with van der Waals surface area (Å²) in [5.41, 5.74) is 24.2. The lowest BCUT2D eigenvalue weighted by Crippen LogP contribution is -2.41. The first-order valence-electron chi connectivity index (χ1n) is 27.6. The summed E-state index contributed by atoms with van der Waals surface area (Å²) in [5, 5.41) is 6.75. The average molecular weight is 1010 g/mol. The molecule has 0 bridgehead atoms. The van der Waals surface area contributed by atoms with E-state index in [-0.39, 0.29) is 21.7 Å². The van der Waals surface area contributed by atoms with Crippen molar-refractivity contribution in [1.29, 1.82) is 0 Å². The van der Waals surface area contributed by atoms with Crippen molar-refractivity contribution in [3.63, 3.8) is 0 Å². The highest BCUT2D eigenvalue weighted by molar-refractivity contribution is 7.25. The van der Waals surface area contributed by atoms with E-state index in [9.17, 15) is 0 Å². The highest BCUT2D eigenvalue weighted by Crippen LogP contribution is 2.53. The van der Waals surface area contributed by atoms with E-state index < -0.39 is 0 Å². The molecule has 0 unspecified atom stereocenters. The quantitative estimate of drug-likeness (QED) is 0.153. The number of rotatable bonds is 8. The van der Waals surface area contributed by atoms with E-state index in [1.807, 2.05) is 11.3 Å². The lowest BCUT2D eigenvalue weighted by atomic mass is 9.57. The number of hydrogen-bond acceptors (Lipinski definition) is 4. The fraction of sp³-hybridized carbons (Fsp3) is 0.239. The van der Waals surface area contributed by atoms with Crippen molar-refractivity contribution in [3.8, 4) is 22.3 Å². The molecule has 1 aromatic heterocycles. The normalized spacial score (nSPS) is 16.5. The number of aryl methyl sites for hydroxylation is 1. The Balaban J connectivity index is 1.13. The van der Waals surface area contributed by atoms with Crippen molar-refractivity contribution in [2.75, 3.05) is 15.1 Å². The molecule has 0 amide bonds. The van der Waals surface area contributed by atoms with E-state index in [1.54, 1.807) is 0 Å². The van der Waals surface area contributed by atoms with Crippen molar-refractivity contribution >= 4 is 95.2 Å². The van der Waals surface area contributed by atoms with Crippen molar-refractivity contribution in [2.24, 2.45) is 0 Å². The van der Waals surface area contributed by atoms with Crippen molar-refractivity contribution < 1.29 is 0 Å². The van der Waals surface area contributed by atoms with Gasteiger partial charge in [0.2, 0.25) is 0 Å². The fourth-order valence-corrected chi connectivity index (χ4v) is 14.3. The second-order valence-corrected chi connectivity index (χ2v) is 25.9. The first kappa shape index (κ1) is 48.3. The minimum atomic E-state index is 0.0198. The van der Waals surface area contributed by atoms with Crippen LogP contribution in [0.2, 0.25) is 0 Å². The molecule has 3 nitrogen and oxygen atoms in total. The second-order valence-electron chi connectivity index (χ2n) is 24.8. The van der Waals surface area contributed by atoms with Gasteiger partial charge in [-0.3, -0.25) is 0 Å². The number of fused-ring (bicyclic) bond motifs is 7. The molecule has 0 saturated carbocycles. The molecule has 1 aliphatic heterocycles. The third kappa shape index (κ3) is 8.16. The molecule has 0 radical (unpaired) electrons. The molecule has 376 valence electrons. The van der Waals surface area contributed by atoms with Crippen LogP contribution < -0.4 is 26.0 Å². The van der Waals surface area contributed by atoms with Crippen LogP contribution in [0.5, 0.6) is 0 Å². The SMILES string of the molecule is Cc1cc2c(cc1N1c3cc(-c4ccccc4)ccc3Bc3c(-c4cc5c(cc4Nc4ccc6c(c4)C(C)(C)CCC6(C)C)sc4ccccc45)cc(N(c4ccccc4)c4ccccc4)cc31)C(C)(C)CCC2(C)C. The van der Waals surface area contributed by atoms with Crippen LogP contribution in [0.1, 0.15) is 109 Å². The smallest absolute Gasteiger partial charge is 0.198 e. The number of anilines is 8. The van der Waals surface area contributed by atoms with Gasteiger partial charge in [0, 0.05) is 71.2 Å². The molecule has 13 rings (SSSR count). The van der Waals surface area contributed by atoms with E-state index >= 15 is 0 Å². The molecule has 0 saturated heterocycles. The Kier molecular flexibility index (Phi) is 11.4. The van der Waals surface area contributed by atoms with Crippen LogP contribution in [0.25, 0.3) is 42.4 Å². The minimum absolute atomic E-state index is 0.0198. The Morgan fingerprint density at radius 3 is 1.71 bits per heavy atom. The largest absolute Gasteiger partial charge is 0.355 e. The van der Waals surface area contributed by atoms with E-state index in [0.717, 1.165) is 48.6 Å². The molecular weight excluding hydrogens is 938 g/mol. The third-order valence-electron chi connectivity index (χ3n) is 17.9. The third-order valence-corrected chi connectivity index (χ3v) is 19.0. The molecular formula is C71H68BN3S. The van der Waals surface area contributed by atoms with Crippen LogP contribution in [0, 0.1) is 6.92 Å². The molecule has 76 heavy (non-hydrogen) atoms. The van der Waals surface area contributed by atoms with Crippen LogP contribution in [-0.4, -0.2) is 7.28 Å². The van der Waals surface area contributed by atoms with Crippen molar-refractivity contribution in [3.05, 3.63) is 216 Å². The molecule has 9 aromatic carbocycles. The molecule has 2 aliphatic carbocycles. The Bertz CT molecular complexity index is 3860. The van der Waals surface area contributed by atoms with Gasteiger partial charge in [0.1, 0.15) is 0 Å². The number of hydrogen-bond donors (Lipinski definition) is 1. The van der Waals surface area contributed by atoms with Gasteiger partial charge < -0.3 is 15.1 Å². The molecule has 10 aromatic rings. The standard InChI is InChI=1S/C71H68BN3S/c1-45-37-57-59(71(8,9)36-35-69(57,4)5)43-62(45)75-63-38-47(46-21-13-10-14-22-46)29-32-60(63)72-67-55(40-51(41-64(67)75)74(49-23-15-11-16-24-49)50-25-17-12-18-26-50)53-42-54-52-27-19-20-28-65(52)76-66(54)44-61(53)73-48-30-31-56-58(39-48)70(6,7)34-33-68(56,2)3/h10-32,37-44,72-73H,33-36H2,1-9H3. The van der Waals surface area contributed by atoms with E-state index in [2.05, 4.69) is 265 Å². The summed E-state index contributed by atoms with van der Waals surface area (Å²) in [6, 6.07) is 71.3. The van der Waals surface area contributed by atoms with Gasteiger partial charge in [0.05, 0.1) is 0 Å². The molecule has 1 N–H and O–H groups in total. The van der Waals surface area contributed by atoms with Crippen LogP contribution >= 0.6 is 11.3 Å². The first-order chi connectivity index (χ1) is 36.5. The predicted molar refractivity (Wildman–Crippen MR) is 331 cm³/mol. The maximum atomic E-state index is 4.17. The number of thiophene rings is 1. The van der Waals surface area contributed by atoms with Crippen LogP contribution in [-0.2, 0) is 21.7 Å². The second kappa shape index (κ2) is 17.9. The van der Waals surface area contributed by atoms with Crippen LogP contribution in [0.15, 0.2) is 188 Å². The minimum Gasteiger partial charge on any atom is -0.355 e. The monoisotopic (exact) mass is 1010 g/mol. The van der Waals surface area contributed by atoms with Gasteiger partial charge in [0.25, 0.3) is 0 Å². The summed E-state index contributed by atoms with van der Waals surface area (Å²) in [5.74, 6) is 0. The Morgan fingerprint density at radius 2 is 1.04 bits per heavy atom. The number of nitrogens with one attached hydrogen (secondary N) is 1. The topological polar surface area (TPSA) is 18.5 Å². The van der Waals surface area contributed by atoms with E-state index in [4.69, 9.17) is 0 Å². The summed E-state index contributed by atoms with van der Waals surface area (Å²) in [7, 11) is 0.773. The molecule has 0 fully saturated rings. The first-order valence-corrected chi connectivity index (χ1v) is 28.4. The summed E-state index contributed by atoms with van der Waals surface area (Å²) in [6.45, 7) is 21.9. The zero-order chi connectivity index (χ0) is 52.3. The van der Waals surface area contributed by atoms with Crippen LogP contribution in [0.4, 0.5) is 45.5 Å². The molecule has 3 aliphatic rings. The van der Waals surface area contributed by atoms with Crippen molar-refractivity contribution in [2.45, 2.75) is 110 Å². The van der Waals surface area contributed by atoms with Gasteiger partial charge in [-0.2, -0.15) is 0 Å². The predicted octanol–water partition coefficient (Wildman–Crippen LogP) is 18.8. The Morgan fingerprint density at radius 1 is 0.447 bits per heavy atom. The molecule has 0 spiro atoms. The van der Waals surface area contributed by atoms with E-state index in [0.29, 0.717) is 0 Å². The number of nitrogens with zero attached hydrogens (tertiary/aromatic N) is 2. The lowest BCUT2D eigenvalue weighted by molar-refractivity contribution is 0.332. The lowest BCUT2D eigenvalue weighted by Gasteiger charge is -2.44. The Labute approximate surface area is 455 Å². The Hall–Kier alpha value is -7.34. The van der Waals surface area contributed by atoms with Crippen molar-refractivity contribution in [1.82, 2.24) is 0 Å². The fourth-order valence-electron chi connectivity index (χ4n) is 13.2. The highest BCUT2D eigenvalue weighted by Gasteiger charge is 2.40. The van der Waals surface area contributed by atoms with Gasteiger partial charge in [-0.05, 0) is 183 Å². The summed E-state index contributed by atoms with van der Waals surface area (Å²) >= 11 is 1.89. The molecule has 0 atom stereocenters. The molecule has 2 heterocycles. The zero-order valence-corrected chi connectivity index (χ0v) is 46.6. The maximum absolute atomic E-state index is 4.17. The van der Waals surface area contributed by atoms with Gasteiger partial charge >= 0.3 is 0 Å². The number of benzene rings is 9. The summed E-state index contributed by atoms with van der Waals surface area (Å²) in [6.07, 6.45) is 4.67. The van der Waals surface area contributed by atoms with E-state index in [1.165, 1.54) is 111 Å². The van der Waals surface area contributed by atoms with Gasteiger partial charge in [-0.1, -0.05) is 170 Å². The average Bonchev–Trinajstić information content (AvgIpc) is 3.95. The summed E-state index contributed by atoms with van der Waals surface area (Å²) in [4.78, 5) is 5.12. The maximum Gasteiger partial charge on any atom is 0.198 e. The molecule has 5 heteroatoms. The van der Waals surface area contributed by atoms with Gasteiger partial charge in [0.15, 0.2) is 7.28 Å². The highest BCUT2D eigenvalue weighted by atomic mass is 32.1. The summed E-state index contributed by atoms with van der Waals surface area (Å²) < 4.78 is 2.58. The van der Waals surface area contributed by atoms with Gasteiger partial charge in [-0.25, -0.2) is 0 Å².